The molecular formula is C26H31F5N4O5S. The molecule has 226 valence electrons. The van der Waals surface area contributed by atoms with Gasteiger partial charge in [-0.15, -0.1) is 0 Å². The van der Waals surface area contributed by atoms with Crippen LogP contribution in [0, 0.1) is 35.5 Å². The Balaban J connectivity index is 0.00000187. The van der Waals surface area contributed by atoms with Crippen LogP contribution in [0.4, 0.5) is 22.0 Å². The van der Waals surface area contributed by atoms with Crippen LogP contribution in [-0.4, -0.2) is 54.4 Å². The van der Waals surface area contributed by atoms with E-state index in [9.17, 15) is 37.1 Å². The van der Waals surface area contributed by atoms with Gasteiger partial charge in [0.1, 0.15) is 17.6 Å². The van der Waals surface area contributed by atoms with Gasteiger partial charge in [0.15, 0.2) is 11.4 Å². The third kappa shape index (κ3) is 8.56. The third-order valence-corrected chi connectivity index (χ3v) is 7.00. The van der Waals surface area contributed by atoms with Crippen LogP contribution in [0.25, 0.3) is 5.69 Å². The van der Waals surface area contributed by atoms with Gasteiger partial charge in [0.05, 0.1) is 17.2 Å². The van der Waals surface area contributed by atoms with Gasteiger partial charge in [-0.2, -0.15) is 35.6 Å². The molecule has 0 unspecified atom stereocenters. The number of alkyl halides is 5. The summed E-state index contributed by atoms with van der Waals surface area (Å²) in [6.07, 6.45) is -3.32. The number of aliphatic hydroxyl groups excluding tert-OH is 1. The highest BCUT2D eigenvalue weighted by atomic mass is 32.1. The minimum absolute atomic E-state index is 0.0730. The molecule has 1 heterocycles. The summed E-state index contributed by atoms with van der Waals surface area (Å²) in [6.45, 7) is 2.38. The molecule has 41 heavy (non-hydrogen) atoms. The molecule has 3 rings (SSSR count). The molecule has 0 saturated heterocycles. The fraction of sp³-hybridized carbons (Fsp3) is 0.577. The standard InChI is InChI=1S/C26H31F5N4O3.O2S/c1-14-5-7-17(20(36)9-14)13-33-23(37)22-19(12-32)35(15(2)34-22)18-8-6-16(10-21(18)38-24(27)28)11-25(3,4)26(29,30)31;1-3-2/h6,8,10,14,17,20,24,36H,5,7,9,11,13H2,1-4H3,(H,33,37);/t14-,17+,20-;/m0./s1. The van der Waals surface area contributed by atoms with Crippen molar-refractivity contribution in [2.24, 2.45) is 17.3 Å². The Morgan fingerprint density at radius 1 is 1.29 bits per heavy atom. The summed E-state index contributed by atoms with van der Waals surface area (Å²) < 4.78 is 89.0. The number of rotatable bonds is 8. The average molecular weight is 607 g/mol. The van der Waals surface area contributed by atoms with E-state index in [1.54, 1.807) is 0 Å². The van der Waals surface area contributed by atoms with Crippen LogP contribution >= 0.6 is 0 Å². The minimum Gasteiger partial charge on any atom is -0.433 e. The van der Waals surface area contributed by atoms with Crippen molar-refractivity contribution in [1.82, 2.24) is 14.9 Å². The maximum absolute atomic E-state index is 13.4. The number of imidazole rings is 1. The van der Waals surface area contributed by atoms with Crippen LogP contribution in [0.5, 0.6) is 5.75 Å². The molecule has 0 bridgehead atoms. The number of carbonyl (C=O) groups excluding carboxylic acids is 1. The number of hydrogen-bond acceptors (Lipinski definition) is 7. The lowest BCUT2D eigenvalue weighted by atomic mass is 9.81. The second-order valence-corrected chi connectivity index (χ2v) is 10.7. The van der Waals surface area contributed by atoms with Gasteiger partial charge in [0.2, 0.25) is 0 Å². The number of nitrogens with one attached hydrogen (secondary N) is 1. The van der Waals surface area contributed by atoms with Crippen LogP contribution in [0.2, 0.25) is 0 Å². The van der Waals surface area contributed by atoms with E-state index >= 15 is 0 Å². The lowest BCUT2D eigenvalue weighted by Gasteiger charge is -2.31. The number of nitriles is 1. The van der Waals surface area contributed by atoms with E-state index in [1.165, 1.54) is 19.1 Å². The highest BCUT2D eigenvalue weighted by molar-refractivity contribution is 7.51. The molecule has 0 spiro atoms. The molecule has 1 aromatic heterocycles. The molecule has 2 aromatic rings. The number of hydrogen-bond donors (Lipinski definition) is 2. The average Bonchev–Trinajstić information content (AvgIpc) is 3.18. The summed E-state index contributed by atoms with van der Waals surface area (Å²) in [5.41, 5.74) is -2.60. The van der Waals surface area contributed by atoms with Gasteiger partial charge in [0, 0.05) is 12.5 Å². The molecule has 2 N–H and O–H groups in total. The van der Waals surface area contributed by atoms with Crippen molar-refractivity contribution in [1.29, 1.82) is 5.26 Å². The Kier molecular flexibility index (Phi) is 11.5. The number of aryl methyl sites for hydroxylation is 1. The van der Waals surface area contributed by atoms with E-state index in [4.69, 9.17) is 8.42 Å². The fourth-order valence-corrected chi connectivity index (χ4v) is 4.70. The zero-order chi connectivity index (χ0) is 31.1. The van der Waals surface area contributed by atoms with Crippen molar-refractivity contribution in [3.63, 3.8) is 0 Å². The zero-order valence-corrected chi connectivity index (χ0v) is 23.6. The van der Waals surface area contributed by atoms with E-state index in [0.29, 0.717) is 12.3 Å². The van der Waals surface area contributed by atoms with Crippen LogP contribution in [0.1, 0.15) is 67.6 Å². The fourth-order valence-electron chi connectivity index (χ4n) is 4.70. The van der Waals surface area contributed by atoms with Crippen LogP contribution in [0.15, 0.2) is 18.2 Å². The van der Waals surface area contributed by atoms with Gasteiger partial charge in [-0.25, -0.2) is 4.98 Å². The van der Waals surface area contributed by atoms with Crippen LogP contribution < -0.4 is 10.1 Å². The number of benzene rings is 1. The second-order valence-electron chi connectivity index (χ2n) is 10.6. The molecule has 1 amide bonds. The molecule has 9 nitrogen and oxygen atoms in total. The molecule has 3 atom stereocenters. The first kappa shape index (κ1) is 33.8. The molecule has 1 fully saturated rings. The van der Waals surface area contributed by atoms with Gasteiger partial charge >= 0.3 is 24.4 Å². The molecule has 1 aromatic carbocycles. The van der Waals surface area contributed by atoms with E-state index in [1.807, 2.05) is 13.0 Å². The van der Waals surface area contributed by atoms with Gasteiger partial charge in [0.25, 0.3) is 5.91 Å². The molecular weight excluding hydrogens is 575 g/mol. The molecule has 0 radical (unpaired) electrons. The zero-order valence-electron chi connectivity index (χ0n) is 22.8. The maximum atomic E-state index is 13.4. The number of amides is 1. The van der Waals surface area contributed by atoms with Crippen molar-refractivity contribution >= 4 is 17.5 Å². The maximum Gasteiger partial charge on any atom is 0.394 e. The summed E-state index contributed by atoms with van der Waals surface area (Å²) in [5.74, 6) is -0.784. The number of ether oxygens (including phenoxy) is 1. The topological polar surface area (TPSA) is 134 Å². The Morgan fingerprint density at radius 2 is 1.93 bits per heavy atom. The van der Waals surface area contributed by atoms with Crippen molar-refractivity contribution < 1.29 is 45.0 Å². The number of carbonyl (C=O) groups is 1. The predicted octanol–water partition coefficient (Wildman–Crippen LogP) is 4.64. The Hall–Kier alpha value is -3.38. The van der Waals surface area contributed by atoms with E-state index in [2.05, 4.69) is 15.0 Å². The normalized spacial score (nSPS) is 19.1. The lowest BCUT2D eigenvalue weighted by Crippen LogP contribution is -2.38. The molecule has 1 saturated carbocycles. The van der Waals surface area contributed by atoms with Crippen molar-refractivity contribution in [3.8, 4) is 17.5 Å². The minimum atomic E-state index is -4.53. The number of aliphatic hydroxyl groups is 1. The highest BCUT2D eigenvalue weighted by Gasteiger charge is 2.47. The van der Waals surface area contributed by atoms with E-state index in [-0.39, 0.29) is 40.9 Å². The number of aromatic nitrogens is 2. The Bertz CT molecular complexity index is 1300. The Labute approximate surface area is 237 Å². The first-order chi connectivity index (χ1) is 19.1. The van der Waals surface area contributed by atoms with E-state index < -0.39 is 54.0 Å². The molecule has 1 aliphatic rings. The summed E-state index contributed by atoms with van der Waals surface area (Å²) >= 11 is -0.750. The van der Waals surface area contributed by atoms with Gasteiger partial charge < -0.3 is 15.2 Å². The van der Waals surface area contributed by atoms with Crippen molar-refractivity contribution in [2.75, 3.05) is 6.54 Å². The van der Waals surface area contributed by atoms with Gasteiger partial charge in [-0.3, -0.25) is 9.36 Å². The van der Waals surface area contributed by atoms with Crippen molar-refractivity contribution in [2.45, 2.75) is 72.3 Å². The van der Waals surface area contributed by atoms with Crippen LogP contribution in [0.3, 0.4) is 0 Å². The summed E-state index contributed by atoms with van der Waals surface area (Å²) in [5, 5.41) is 22.8. The predicted molar refractivity (Wildman–Crippen MR) is 137 cm³/mol. The SMILES string of the molecule is Cc1nc(C(=O)NC[C@H]2CC[C@H](C)C[C@@H]2O)c(C#N)n1-c1ccc(CC(C)(C)C(F)(F)F)cc1OC(F)F.O=S=O. The summed E-state index contributed by atoms with van der Waals surface area (Å²) in [4.78, 5) is 17.1. The largest absolute Gasteiger partial charge is 0.433 e. The van der Waals surface area contributed by atoms with E-state index in [0.717, 1.165) is 37.3 Å². The highest BCUT2D eigenvalue weighted by Crippen LogP contribution is 2.41. The monoisotopic (exact) mass is 606 g/mol. The lowest BCUT2D eigenvalue weighted by molar-refractivity contribution is -0.211. The van der Waals surface area contributed by atoms with Gasteiger partial charge in [-0.1, -0.05) is 33.3 Å². The summed E-state index contributed by atoms with van der Waals surface area (Å²) in [6, 6.07) is 5.53. The molecule has 1 aliphatic carbocycles. The quantitative estimate of drug-likeness (QED) is 0.418. The molecule has 0 aliphatic heterocycles. The third-order valence-electron chi connectivity index (χ3n) is 7.00. The smallest absolute Gasteiger partial charge is 0.394 e. The first-order valence-corrected chi connectivity index (χ1v) is 13.2. The first-order valence-electron chi connectivity index (χ1n) is 12.6. The summed E-state index contributed by atoms with van der Waals surface area (Å²) in [7, 11) is 0. The van der Waals surface area contributed by atoms with Gasteiger partial charge in [-0.05, 0) is 49.8 Å². The number of nitrogens with zero attached hydrogens (tertiary/aromatic N) is 3. The molecule has 15 heteroatoms. The van der Waals surface area contributed by atoms with Crippen molar-refractivity contribution in [3.05, 3.63) is 41.0 Å². The van der Waals surface area contributed by atoms with Crippen LogP contribution in [-0.2, 0) is 18.0 Å². The number of halogens is 5. The Morgan fingerprint density at radius 3 is 2.46 bits per heavy atom. The second kappa shape index (κ2) is 14.0.